The van der Waals surface area contributed by atoms with Gasteiger partial charge in [0.2, 0.25) is 0 Å². The van der Waals surface area contributed by atoms with Gasteiger partial charge < -0.3 is 10.5 Å². The Morgan fingerprint density at radius 3 is 2.53 bits per heavy atom. The van der Waals surface area contributed by atoms with Crippen LogP contribution in [0.4, 0.5) is 0 Å². The van der Waals surface area contributed by atoms with E-state index in [9.17, 15) is 4.79 Å². The highest BCUT2D eigenvalue weighted by Crippen LogP contribution is 2.13. The molecule has 3 nitrogen and oxygen atoms in total. The number of hydrogen-bond acceptors (Lipinski definition) is 3. The molecule has 1 rings (SSSR count). The van der Waals surface area contributed by atoms with Crippen LogP contribution < -0.4 is 10.5 Å². The minimum atomic E-state index is 0.142. The van der Waals surface area contributed by atoms with Gasteiger partial charge in [-0.25, -0.2) is 0 Å². The lowest BCUT2D eigenvalue weighted by Gasteiger charge is -2.04. The largest absolute Gasteiger partial charge is 0.494 e. The zero-order chi connectivity index (χ0) is 11.1. The van der Waals surface area contributed by atoms with Crippen LogP contribution in [0.15, 0.2) is 24.3 Å². The van der Waals surface area contributed by atoms with E-state index in [2.05, 4.69) is 0 Å². The smallest absolute Gasteiger partial charge is 0.162 e. The second-order valence-electron chi connectivity index (χ2n) is 3.27. The first-order valence-corrected chi connectivity index (χ1v) is 5.24. The maximum Gasteiger partial charge on any atom is 0.162 e. The van der Waals surface area contributed by atoms with E-state index < -0.39 is 0 Å². The third kappa shape index (κ3) is 3.72. The van der Waals surface area contributed by atoms with Crippen LogP contribution in [0.1, 0.15) is 30.1 Å². The lowest BCUT2D eigenvalue weighted by atomic mass is 10.1. The van der Waals surface area contributed by atoms with Crippen molar-refractivity contribution in [2.24, 2.45) is 5.73 Å². The van der Waals surface area contributed by atoms with E-state index in [0.29, 0.717) is 19.6 Å². The van der Waals surface area contributed by atoms with E-state index in [0.717, 1.165) is 17.7 Å². The first-order chi connectivity index (χ1) is 7.27. The van der Waals surface area contributed by atoms with Crippen molar-refractivity contribution in [1.82, 2.24) is 0 Å². The molecule has 0 amide bonds. The molecule has 0 aliphatic heterocycles. The van der Waals surface area contributed by atoms with Gasteiger partial charge in [-0.3, -0.25) is 4.79 Å². The second kappa shape index (κ2) is 6.19. The molecule has 82 valence electrons. The van der Waals surface area contributed by atoms with Gasteiger partial charge >= 0.3 is 0 Å². The fourth-order valence-electron chi connectivity index (χ4n) is 1.31. The van der Waals surface area contributed by atoms with Gasteiger partial charge in [0.25, 0.3) is 0 Å². The van der Waals surface area contributed by atoms with E-state index >= 15 is 0 Å². The summed E-state index contributed by atoms with van der Waals surface area (Å²) in [7, 11) is 0. The van der Waals surface area contributed by atoms with Crippen molar-refractivity contribution in [2.75, 3.05) is 13.2 Å². The van der Waals surface area contributed by atoms with Gasteiger partial charge in [0.05, 0.1) is 6.61 Å². The van der Waals surface area contributed by atoms with Gasteiger partial charge in [-0.2, -0.15) is 0 Å². The topological polar surface area (TPSA) is 52.3 Å². The molecule has 1 aromatic rings. The van der Waals surface area contributed by atoms with Gasteiger partial charge in [-0.05, 0) is 44.2 Å². The van der Waals surface area contributed by atoms with Crippen molar-refractivity contribution in [3.8, 4) is 5.75 Å². The minimum Gasteiger partial charge on any atom is -0.494 e. The van der Waals surface area contributed by atoms with Gasteiger partial charge in [-0.15, -0.1) is 0 Å². The quantitative estimate of drug-likeness (QED) is 0.726. The summed E-state index contributed by atoms with van der Waals surface area (Å²) in [5.74, 6) is 0.941. The molecule has 0 fully saturated rings. The highest BCUT2D eigenvalue weighted by atomic mass is 16.5. The van der Waals surface area contributed by atoms with Crippen molar-refractivity contribution < 1.29 is 9.53 Å². The predicted octanol–water partition coefficient (Wildman–Crippen LogP) is 2.01. The number of nitrogens with two attached hydrogens (primary N) is 1. The Labute approximate surface area is 90.2 Å². The Balaban J connectivity index is 2.58. The zero-order valence-electron chi connectivity index (χ0n) is 9.03. The summed E-state index contributed by atoms with van der Waals surface area (Å²) >= 11 is 0. The van der Waals surface area contributed by atoms with Crippen LogP contribution in [-0.2, 0) is 0 Å². The normalized spacial score (nSPS) is 10.0. The maximum absolute atomic E-state index is 11.6. The molecule has 0 saturated heterocycles. The van der Waals surface area contributed by atoms with Crippen LogP contribution >= 0.6 is 0 Å². The van der Waals surface area contributed by atoms with Crippen molar-refractivity contribution in [3.05, 3.63) is 29.8 Å². The van der Waals surface area contributed by atoms with Crippen molar-refractivity contribution in [1.29, 1.82) is 0 Å². The molecule has 0 spiro atoms. The second-order valence-corrected chi connectivity index (χ2v) is 3.27. The van der Waals surface area contributed by atoms with Gasteiger partial charge in [0.1, 0.15) is 5.75 Å². The van der Waals surface area contributed by atoms with E-state index in [4.69, 9.17) is 10.5 Å². The summed E-state index contributed by atoms with van der Waals surface area (Å²) in [5.41, 5.74) is 6.07. The Bertz CT molecular complexity index is 306. The Kier molecular flexibility index (Phi) is 4.84. The van der Waals surface area contributed by atoms with Crippen LogP contribution in [-0.4, -0.2) is 18.9 Å². The Morgan fingerprint density at radius 1 is 1.33 bits per heavy atom. The summed E-state index contributed by atoms with van der Waals surface area (Å²) in [6.07, 6.45) is 1.26. The molecule has 0 atom stereocenters. The van der Waals surface area contributed by atoms with Crippen molar-refractivity contribution >= 4 is 5.78 Å². The Morgan fingerprint density at radius 2 is 2.00 bits per heavy atom. The molecular formula is C12H17NO2. The Hall–Kier alpha value is -1.35. The summed E-state index contributed by atoms with van der Waals surface area (Å²) in [5, 5.41) is 0. The number of ether oxygens (including phenoxy) is 1. The molecule has 15 heavy (non-hydrogen) atoms. The fraction of sp³-hybridized carbons (Fsp3) is 0.417. The molecule has 0 heterocycles. The number of rotatable bonds is 6. The molecule has 0 aliphatic carbocycles. The standard InChI is InChI=1S/C12H17NO2/c1-2-15-11-7-5-10(6-8-11)12(14)4-3-9-13/h5-8H,2-4,9,13H2,1H3. The summed E-state index contributed by atoms with van der Waals surface area (Å²) in [6.45, 7) is 3.13. The SMILES string of the molecule is CCOc1ccc(C(=O)CCCN)cc1. The first kappa shape index (κ1) is 11.7. The minimum absolute atomic E-state index is 0.142. The summed E-state index contributed by atoms with van der Waals surface area (Å²) in [4.78, 5) is 11.6. The number of Topliss-reactive ketones (excluding diaryl/α,β-unsaturated/α-hetero) is 1. The van der Waals surface area contributed by atoms with Crippen LogP contribution in [0.2, 0.25) is 0 Å². The molecule has 0 aliphatic rings. The van der Waals surface area contributed by atoms with Crippen molar-refractivity contribution in [2.45, 2.75) is 19.8 Å². The third-order valence-corrected chi connectivity index (χ3v) is 2.10. The molecule has 0 bridgehead atoms. The van der Waals surface area contributed by atoms with E-state index in [1.165, 1.54) is 0 Å². The van der Waals surface area contributed by atoms with Gasteiger partial charge in [0.15, 0.2) is 5.78 Å². The average Bonchev–Trinajstić information content (AvgIpc) is 2.27. The number of hydrogen-bond donors (Lipinski definition) is 1. The van der Waals surface area contributed by atoms with E-state index in [1.807, 2.05) is 19.1 Å². The first-order valence-electron chi connectivity index (χ1n) is 5.24. The fourth-order valence-corrected chi connectivity index (χ4v) is 1.31. The van der Waals surface area contributed by atoms with Gasteiger partial charge in [-0.1, -0.05) is 0 Å². The maximum atomic E-state index is 11.6. The van der Waals surface area contributed by atoms with E-state index in [1.54, 1.807) is 12.1 Å². The zero-order valence-corrected chi connectivity index (χ0v) is 9.03. The van der Waals surface area contributed by atoms with E-state index in [-0.39, 0.29) is 5.78 Å². The molecule has 0 saturated carbocycles. The summed E-state index contributed by atoms with van der Waals surface area (Å²) in [6, 6.07) is 7.23. The molecule has 1 aromatic carbocycles. The molecule has 3 heteroatoms. The number of carbonyl (C=O) groups is 1. The molecular weight excluding hydrogens is 190 g/mol. The summed E-state index contributed by atoms with van der Waals surface area (Å²) < 4.78 is 5.29. The molecule has 0 unspecified atom stereocenters. The highest BCUT2D eigenvalue weighted by molar-refractivity contribution is 5.96. The van der Waals surface area contributed by atoms with Gasteiger partial charge in [0, 0.05) is 12.0 Å². The average molecular weight is 207 g/mol. The monoisotopic (exact) mass is 207 g/mol. The number of benzene rings is 1. The third-order valence-electron chi connectivity index (χ3n) is 2.10. The van der Waals surface area contributed by atoms with Crippen LogP contribution in [0.3, 0.4) is 0 Å². The predicted molar refractivity (Wildman–Crippen MR) is 60.2 cm³/mol. The highest BCUT2D eigenvalue weighted by Gasteiger charge is 2.04. The molecule has 0 radical (unpaired) electrons. The van der Waals surface area contributed by atoms with Crippen LogP contribution in [0, 0.1) is 0 Å². The number of carbonyl (C=O) groups excluding carboxylic acids is 1. The lowest BCUT2D eigenvalue weighted by molar-refractivity contribution is 0.0981. The molecule has 2 N–H and O–H groups in total. The van der Waals surface area contributed by atoms with Crippen molar-refractivity contribution in [3.63, 3.8) is 0 Å². The number of ketones is 1. The van der Waals surface area contributed by atoms with Crippen LogP contribution in [0.5, 0.6) is 5.75 Å². The lowest BCUT2D eigenvalue weighted by Crippen LogP contribution is -2.04. The molecule has 0 aromatic heterocycles. The van der Waals surface area contributed by atoms with Crippen LogP contribution in [0.25, 0.3) is 0 Å².